The van der Waals surface area contributed by atoms with Gasteiger partial charge in [-0.25, -0.2) is 14.1 Å². The minimum absolute atomic E-state index is 0.0539. The minimum atomic E-state index is -1.17. The van der Waals surface area contributed by atoms with Gasteiger partial charge in [0.25, 0.3) is 11.5 Å². The lowest BCUT2D eigenvalue weighted by Crippen LogP contribution is -2.49. The first kappa shape index (κ1) is 24.7. The van der Waals surface area contributed by atoms with Gasteiger partial charge in [-0.15, -0.1) is 0 Å². The van der Waals surface area contributed by atoms with Crippen molar-refractivity contribution in [1.82, 2.24) is 34.0 Å². The van der Waals surface area contributed by atoms with Crippen LogP contribution in [0.2, 0.25) is 0 Å². The molecule has 1 aliphatic heterocycles. The highest BCUT2D eigenvalue weighted by atomic mass is 19.1. The van der Waals surface area contributed by atoms with Crippen molar-refractivity contribution in [2.75, 3.05) is 13.1 Å². The number of hydrogen-bond donors (Lipinski definition) is 1. The van der Waals surface area contributed by atoms with E-state index < -0.39 is 11.4 Å². The van der Waals surface area contributed by atoms with Crippen LogP contribution in [-0.2, 0) is 13.6 Å². The van der Waals surface area contributed by atoms with Gasteiger partial charge in [0.1, 0.15) is 17.5 Å². The summed E-state index contributed by atoms with van der Waals surface area (Å²) in [5, 5.41) is 20.2. The molecule has 6 rings (SSSR count). The van der Waals surface area contributed by atoms with E-state index in [9.17, 15) is 19.1 Å². The Bertz CT molecular complexity index is 1710. The molecule has 1 N–H and O–H groups in total. The van der Waals surface area contributed by atoms with E-state index in [4.69, 9.17) is 0 Å². The van der Waals surface area contributed by atoms with E-state index in [1.54, 1.807) is 20.5 Å². The van der Waals surface area contributed by atoms with Crippen LogP contribution in [0.15, 0.2) is 78.2 Å². The van der Waals surface area contributed by atoms with Gasteiger partial charge in [0.05, 0.1) is 30.2 Å². The van der Waals surface area contributed by atoms with Crippen LogP contribution in [0.1, 0.15) is 23.2 Å². The number of likely N-dealkylation sites (tertiary alicyclic amines) is 1. The molecule has 39 heavy (non-hydrogen) atoms. The monoisotopic (exact) mass is 527 g/mol. The summed E-state index contributed by atoms with van der Waals surface area (Å²) >= 11 is 0. The predicted octanol–water partition coefficient (Wildman–Crippen LogP) is 2.79. The molecule has 0 spiro atoms. The zero-order valence-electron chi connectivity index (χ0n) is 21.2. The molecule has 5 aromatic rings. The summed E-state index contributed by atoms with van der Waals surface area (Å²) in [5.41, 5.74) is 2.14. The van der Waals surface area contributed by atoms with Crippen molar-refractivity contribution in [1.29, 1.82) is 0 Å². The highest BCUT2D eigenvalue weighted by molar-refractivity contribution is 5.94. The Morgan fingerprint density at radius 3 is 2.38 bits per heavy atom. The molecule has 3 aromatic heterocycles. The molecule has 198 valence electrons. The van der Waals surface area contributed by atoms with Crippen molar-refractivity contribution in [2.45, 2.75) is 25.0 Å². The van der Waals surface area contributed by atoms with Gasteiger partial charge in [-0.2, -0.15) is 10.2 Å². The van der Waals surface area contributed by atoms with Crippen molar-refractivity contribution < 1.29 is 14.3 Å². The molecule has 4 heterocycles. The topological polar surface area (TPSA) is 111 Å². The molecule has 0 saturated carbocycles. The first-order valence-electron chi connectivity index (χ1n) is 12.6. The van der Waals surface area contributed by atoms with Gasteiger partial charge in [0, 0.05) is 37.5 Å². The lowest BCUT2D eigenvalue weighted by atomic mass is 9.91. The van der Waals surface area contributed by atoms with Crippen LogP contribution in [0.5, 0.6) is 0 Å². The van der Waals surface area contributed by atoms with Gasteiger partial charge in [-0.05, 0) is 54.8 Å². The third-order valence-electron chi connectivity index (χ3n) is 7.24. The molecule has 1 amide bonds. The lowest BCUT2D eigenvalue weighted by molar-refractivity contribution is -0.0299. The normalized spacial score (nSPS) is 15.1. The summed E-state index contributed by atoms with van der Waals surface area (Å²) in [5.74, 6) is -0.613. The molecule has 11 heteroatoms. The Morgan fingerprint density at radius 2 is 1.72 bits per heavy atom. The second-order valence-electron chi connectivity index (χ2n) is 9.94. The molecule has 1 fully saturated rings. The molecular weight excluding hydrogens is 501 g/mol. The Balaban J connectivity index is 1.17. The van der Waals surface area contributed by atoms with Crippen LogP contribution < -0.4 is 5.56 Å². The van der Waals surface area contributed by atoms with E-state index in [1.807, 2.05) is 37.5 Å². The third-order valence-corrected chi connectivity index (χ3v) is 7.24. The van der Waals surface area contributed by atoms with Crippen molar-refractivity contribution in [3.8, 4) is 16.8 Å². The second kappa shape index (κ2) is 9.59. The SMILES string of the molecule is Cn1cc(-c2ccc(-n3ncc4c(=O)n(CC5(O)CCN(C(=O)c6ccc(F)cc6)CC5)cnc43)cc2)cn1. The third kappa shape index (κ3) is 4.72. The number of piperidine rings is 1. The largest absolute Gasteiger partial charge is 0.388 e. The maximum atomic E-state index is 13.3. The summed E-state index contributed by atoms with van der Waals surface area (Å²) in [7, 11) is 1.87. The van der Waals surface area contributed by atoms with E-state index in [-0.39, 0.29) is 18.0 Å². The van der Waals surface area contributed by atoms with Crippen molar-refractivity contribution in [3.05, 3.63) is 95.2 Å². The number of aromatic nitrogens is 6. The molecule has 0 unspecified atom stereocenters. The number of halogens is 1. The van der Waals surface area contributed by atoms with E-state index in [2.05, 4.69) is 15.2 Å². The van der Waals surface area contributed by atoms with Crippen LogP contribution in [0.25, 0.3) is 27.8 Å². The Hall–Kier alpha value is -4.64. The van der Waals surface area contributed by atoms with Crippen LogP contribution in [0.3, 0.4) is 0 Å². The molecule has 1 saturated heterocycles. The first-order valence-corrected chi connectivity index (χ1v) is 12.6. The number of aliphatic hydroxyl groups is 1. The van der Waals surface area contributed by atoms with Crippen LogP contribution >= 0.6 is 0 Å². The van der Waals surface area contributed by atoms with Crippen LogP contribution in [0, 0.1) is 5.82 Å². The van der Waals surface area contributed by atoms with Gasteiger partial charge < -0.3 is 10.0 Å². The summed E-state index contributed by atoms with van der Waals surface area (Å²) < 4.78 is 18.0. The van der Waals surface area contributed by atoms with Gasteiger partial charge in [-0.3, -0.25) is 18.8 Å². The number of hydrogen-bond acceptors (Lipinski definition) is 6. The number of aryl methyl sites for hydroxylation is 1. The summed E-state index contributed by atoms with van der Waals surface area (Å²) in [4.78, 5) is 32.1. The predicted molar refractivity (Wildman–Crippen MR) is 142 cm³/mol. The zero-order chi connectivity index (χ0) is 27.1. The number of nitrogens with zero attached hydrogens (tertiary/aromatic N) is 7. The van der Waals surface area contributed by atoms with E-state index in [0.717, 1.165) is 16.8 Å². The molecular formula is C28H26FN7O3. The second-order valence-corrected chi connectivity index (χ2v) is 9.94. The lowest BCUT2D eigenvalue weighted by Gasteiger charge is -2.38. The smallest absolute Gasteiger partial charge is 0.264 e. The van der Waals surface area contributed by atoms with Crippen molar-refractivity contribution in [2.24, 2.45) is 7.05 Å². The first-order chi connectivity index (χ1) is 18.8. The average Bonchev–Trinajstić information content (AvgIpc) is 3.58. The van der Waals surface area contributed by atoms with Gasteiger partial charge in [0.2, 0.25) is 0 Å². The summed E-state index contributed by atoms with van der Waals surface area (Å²) in [6.07, 6.45) is 7.25. The standard InChI is InChI=1S/C28H26FN7O3/c1-33-16-21(14-31-33)19-4-8-23(9-5-19)36-25-24(15-32-36)27(38)35(18-30-25)17-28(39)10-12-34(13-11-28)26(37)20-2-6-22(29)7-3-20/h2-9,14-16,18,39H,10-13,17H2,1H3. The summed E-state index contributed by atoms with van der Waals surface area (Å²) in [6.45, 7) is 0.701. The maximum absolute atomic E-state index is 13.3. The van der Waals surface area contributed by atoms with Crippen molar-refractivity contribution >= 4 is 16.9 Å². The van der Waals surface area contributed by atoms with E-state index >= 15 is 0 Å². The average molecular weight is 528 g/mol. The van der Waals surface area contributed by atoms with Gasteiger partial charge in [-0.1, -0.05) is 12.1 Å². The Kier molecular flexibility index (Phi) is 6.07. The highest BCUT2D eigenvalue weighted by Crippen LogP contribution is 2.26. The number of carbonyl (C=O) groups excluding carboxylic acids is 1. The quantitative estimate of drug-likeness (QED) is 0.376. The molecule has 0 atom stereocenters. The highest BCUT2D eigenvalue weighted by Gasteiger charge is 2.35. The number of amides is 1. The number of rotatable bonds is 5. The van der Waals surface area contributed by atoms with E-state index in [1.165, 1.54) is 41.4 Å². The van der Waals surface area contributed by atoms with Crippen molar-refractivity contribution in [3.63, 3.8) is 0 Å². The minimum Gasteiger partial charge on any atom is -0.388 e. The zero-order valence-corrected chi connectivity index (χ0v) is 21.2. The molecule has 0 aliphatic carbocycles. The van der Waals surface area contributed by atoms with Crippen LogP contribution in [0.4, 0.5) is 4.39 Å². The molecule has 2 aromatic carbocycles. The molecule has 1 aliphatic rings. The fraction of sp³-hybridized carbons (Fsp3) is 0.250. The molecule has 0 radical (unpaired) electrons. The fourth-order valence-corrected chi connectivity index (χ4v) is 4.99. The van der Waals surface area contributed by atoms with Gasteiger partial charge in [0.15, 0.2) is 5.65 Å². The molecule has 10 nitrogen and oxygen atoms in total. The summed E-state index contributed by atoms with van der Waals surface area (Å²) in [6, 6.07) is 13.2. The van der Waals surface area contributed by atoms with E-state index in [0.29, 0.717) is 42.5 Å². The fourth-order valence-electron chi connectivity index (χ4n) is 4.99. The number of benzene rings is 2. The number of carbonyl (C=O) groups is 1. The van der Waals surface area contributed by atoms with Gasteiger partial charge >= 0.3 is 0 Å². The number of fused-ring (bicyclic) bond motifs is 1. The van der Waals surface area contributed by atoms with Crippen LogP contribution in [-0.4, -0.2) is 63.7 Å². The molecule has 0 bridgehead atoms. The Labute approximate surface area is 222 Å². The Morgan fingerprint density at radius 1 is 1.00 bits per heavy atom. The maximum Gasteiger partial charge on any atom is 0.264 e.